The number of hydrogen-bond acceptors (Lipinski definition) is 5. The van der Waals surface area contributed by atoms with Gasteiger partial charge in [-0.1, -0.05) is 5.21 Å². The average Bonchev–Trinajstić information content (AvgIpc) is 2.63. The molecule has 1 N–H and O–H groups in total. The summed E-state index contributed by atoms with van der Waals surface area (Å²) in [6, 6.07) is 0. The number of aliphatic carboxylic acids is 1. The van der Waals surface area contributed by atoms with Crippen molar-refractivity contribution in [2.24, 2.45) is 12.5 Å². The fraction of sp³-hybridized carbons (Fsp3) is 0.600. The van der Waals surface area contributed by atoms with Gasteiger partial charge in [0.1, 0.15) is 0 Å². The lowest BCUT2D eigenvalue weighted by Gasteiger charge is -2.21. The van der Waals surface area contributed by atoms with E-state index in [4.69, 9.17) is 9.84 Å². The number of esters is 1. The first-order chi connectivity index (χ1) is 7.90. The maximum absolute atomic E-state index is 11.7. The molecule has 1 unspecified atom stereocenters. The summed E-state index contributed by atoms with van der Waals surface area (Å²) in [6.45, 7) is 3.09. The Morgan fingerprint density at radius 1 is 1.59 bits per heavy atom. The second-order valence-electron chi connectivity index (χ2n) is 3.92. The number of ether oxygens (including phenoxy) is 1. The molecule has 94 valence electrons. The third-order valence-corrected chi connectivity index (χ3v) is 2.38. The van der Waals surface area contributed by atoms with Crippen molar-refractivity contribution in [3.05, 3.63) is 11.9 Å². The molecule has 1 rings (SSSR count). The molecule has 7 nitrogen and oxygen atoms in total. The molecule has 0 spiro atoms. The van der Waals surface area contributed by atoms with Gasteiger partial charge < -0.3 is 9.84 Å². The molecule has 0 aliphatic carbocycles. The Labute approximate surface area is 98.4 Å². The number of carbonyl (C=O) groups is 2. The van der Waals surface area contributed by atoms with Crippen molar-refractivity contribution >= 4 is 11.9 Å². The number of nitrogens with zero attached hydrogens (tertiary/aromatic N) is 3. The lowest BCUT2D eigenvalue weighted by molar-refractivity contribution is -0.167. The van der Waals surface area contributed by atoms with Gasteiger partial charge in [0, 0.05) is 19.7 Å². The first kappa shape index (κ1) is 13.1. The van der Waals surface area contributed by atoms with Crippen LogP contribution in [-0.2, 0) is 27.8 Å². The Bertz CT molecular complexity index is 429. The minimum absolute atomic E-state index is 0.0466. The van der Waals surface area contributed by atoms with Gasteiger partial charge in [-0.2, -0.15) is 0 Å². The minimum atomic E-state index is -1.63. The molecule has 0 bridgehead atoms. The molecule has 0 radical (unpaired) electrons. The summed E-state index contributed by atoms with van der Waals surface area (Å²) in [4.78, 5) is 22.9. The van der Waals surface area contributed by atoms with Gasteiger partial charge in [-0.25, -0.2) is 0 Å². The van der Waals surface area contributed by atoms with E-state index in [1.54, 1.807) is 20.2 Å². The maximum atomic E-state index is 11.7. The fourth-order valence-corrected chi connectivity index (χ4v) is 1.36. The number of carboxylic acids is 1. The van der Waals surface area contributed by atoms with Crippen LogP contribution in [0, 0.1) is 5.41 Å². The van der Waals surface area contributed by atoms with Crippen molar-refractivity contribution in [2.45, 2.75) is 20.3 Å². The van der Waals surface area contributed by atoms with Crippen molar-refractivity contribution in [1.29, 1.82) is 0 Å². The molecule has 0 aliphatic heterocycles. The number of carboxylic acid groups (broad SMARTS) is 1. The van der Waals surface area contributed by atoms with Gasteiger partial charge in [0.15, 0.2) is 5.41 Å². The molecule has 17 heavy (non-hydrogen) atoms. The zero-order chi connectivity index (χ0) is 13.1. The van der Waals surface area contributed by atoms with Crippen LogP contribution in [0.15, 0.2) is 6.20 Å². The molecule has 0 amide bonds. The van der Waals surface area contributed by atoms with Crippen LogP contribution in [0.4, 0.5) is 0 Å². The van der Waals surface area contributed by atoms with Gasteiger partial charge in [-0.05, 0) is 13.8 Å². The van der Waals surface area contributed by atoms with Crippen LogP contribution in [0.1, 0.15) is 19.5 Å². The highest BCUT2D eigenvalue weighted by Crippen LogP contribution is 2.24. The fourth-order valence-electron chi connectivity index (χ4n) is 1.36. The predicted molar refractivity (Wildman–Crippen MR) is 57.1 cm³/mol. The second kappa shape index (κ2) is 4.94. The number of hydrogen-bond donors (Lipinski definition) is 1. The van der Waals surface area contributed by atoms with Gasteiger partial charge in [0.25, 0.3) is 0 Å². The number of aromatic nitrogens is 3. The normalized spacial score (nSPS) is 14.1. The lowest BCUT2D eigenvalue weighted by atomic mass is 9.86. The van der Waals surface area contributed by atoms with Crippen LogP contribution in [0.25, 0.3) is 0 Å². The molecule has 0 aromatic carbocycles. The molecule has 0 aliphatic rings. The Morgan fingerprint density at radius 3 is 2.65 bits per heavy atom. The van der Waals surface area contributed by atoms with Gasteiger partial charge >= 0.3 is 11.9 Å². The SMILES string of the molecule is CCOC(=O)C(C)(Cc1cn(C)nn1)C(=O)O. The Kier molecular flexibility index (Phi) is 3.82. The molecule has 0 saturated heterocycles. The Hall–Kier alpha value is -1.92. The Morgan fingerprint density at radius 2 is 2.24 bits per heavy atom. The van der Waals surface area contributed by atoms with E-state index in [9.17, 15) is 9.59 Å². The molecule has 7 heteroatoms. The minimum Gasteiger partial charge on any atom is -0.480 e. The summed E-state index contributed by atoms with van der Waals surface area (Å²) in [7, 11) is 1.67. The molecule has 1 heterocycles. The van der Waals surface area contributed by atoms with E-state index in [0.717, 1.165) is 0 Å². The lowest BCUT2D eigenvalue weighted by Crippen LogP contribution is -2.40. The molecular formula is C10H15N3O4. The number of rotatable bonds is 5. The third-order valence-electron chi connectivity index (χ3n) is 2.38. The summed E-state index contributed by atoms with van der Waals surface area (Å²) < 4.78 is 6.22. The van der Waals surface area contributed by atoms with Crippen LogP contribution < -0.4 is 0 Å². The zero-order valence-electron chi connectivity index (χ0n) is 10.0. The molecule has 1 aromatic rings. The largest absolute Gasteiger partial charge is 0.480 e. The van der Waals surface area contributed by atoms with Crippen LogP contribution in [0.3, 0.4) is 0 Å². The van der Waals surface area contributed by atoms with Crippen molar-refractivity contribution in [3.63, 3.8) is 0 Å². The summed E-state index contributed by atoms with van der Waals surface area (Å²) in [5.74, 6) is -2.00. The molecule has 1 aromatic heterocycles. The van der Waals surface area contributed by atoms with Gasteiger partial charge in [0.2, 0.25) is 0 Å². The third kappa shape index (κ3) is 2.80. The zero-order valence-corrected chi connectivity index (χ0v) is 10.0. The standard InChI is InChI=1S/C10H15N3O4/c1-4-17-9(16)10(2,8(14)15)5-7-6-13(3)12-11-7/h6H,4-5H2,1-3H3,(H,14,15). The van der Waals surface area contributed by atoms with Crippen LogP contribution in [0.5, 0.6) is 0 Å². The van der Waals surface area contributed by atoms with Gasteiger partial charge in [-0.3, -0.25) is 14.3 Å². The highest BCUT2D eigenvalue weighted by Gasteiger charge is 2.43. The van der Waals surface area contributed by atoms with Crippen molar-refractivity contribution in [1.82, 2.24) is 15.0 Å². The summed E-state index contributed by atoms with van der Waals surface area (Å²) >= 11 is 0. The summed E-state index contributed by atoms with van der Waals surface area (Å²) in [6.07, 6.45) is 1.52. The van der Waals surface area contributed by atoms with Crippen LogP contribution in [-0.4, -0.2) is 38.6 Å². The van der Waals surface area contributed by atoms with Gasteiger partial charge in [-0.15, -0.1) is 5.10 Å². The second-order valence-corrected chi connectivity index (χ2v) is 3.92. The molecule has 0 saturated carbocycles. The highest BCUT2D eigenvalue weighted by molar-refractivity contribution is 5.98. The van der Waals surface area contributed by atoms with E-state index < -0.39 is 17.4 Å². The first-order valence-electron chi connectivity index (χ1n) is 5.16. The van der Waals surface area contributed by atoms with E-state index in [-0.39, 0.29) is 13.0 Å². The highest BCUT2D eigenvalue weighted by atomic mass is 16.5. The summed E-state index contributed by atoms with van der Waals surface area (Å²) in [5.41, 5.74) is -1.20. The first-order valence-corrected chi connectivity index (χ1v) is 5.16. The van der Waals surface area contributed by atoms with Crippen molar-refractivity contribution in [2.75, 3.05) is 6.61 Å². The number of aryl methyl sites for hydroxylation is 1. The van der Waals surface area contributed by atoms with Crippen molar-refractivity contribution < 1.29 is 19.4 Å². The Balaban J connectivity index is 2.92. The average molecular weight is 241 g/mol. The topological polar surface area (TPSA) is 94.3 Å². The van der Waals surface area contributed by atoms with E-state index in [2.05, 4.69) is 10.3 Å². The van der Waals surface area contributed by atoms with E-state index in [0.29, 0.717) is 5.69 Å². The van der Waals surface area contributed by atoms with E-state index in [1.165, 1.54) is 11.6 Å². The quantitative estimate of drug-likeness (QED) is 0.576. The molecular weight excluding hydrogens is 226 g/mol. The van der Waals surface area contributed by atoms with Crippen LogP contribution in [0.2, 0.25) is 0 Å². The maximum Gasteiger partial charge on any atom is 0.323 e. The summed E-state index contributed by atoms with van der Waals surface area (Å²) in [5, 5.41) is 16.6. The predicted octanol–water partition coefficient (Wildman–Crippen LogP) is 0.0116. The van der Waals surface area contributed by atoms with Crippen molar-refractivity contribution in [3.8, 4) is 0 Å². The number of carbonyl (C=O) groups excluding carboxylic acids is 1. The van der Waals surface area contributed by atoms with E-state index >= 15 is 0 Å². The van der Waals surface area contributed by atoms with Gasteiger partial charge in [0.05, 0.1) is 12.3 Å². The molecule has 0 fully saturated rings. The van der Waals surface area contributed by atoms with Crippen LogP contribution >= 0.6 is 0 Å². The smallest absolute Gasteiger partial charge is 0.323 e. The van der Waals surface area contributed by atoms with E-state index in [1.807, 2.05) is 0 Å². The molecule has 1 atom stereocenters. The monoisotopic (exact) mass is 241 g/mol.